The Kier molecular flexibility index (Phi) is 7.88. The van der Waals surface area contributed by atoms with Gasteiger partial charge in [-0.05, 0) is 30.9 Å². The van der Waals surface area contributed by atoms with Crippen LogP contribution >= 0.6 is 0 Å². The monoisotopic (exact) mass is 384 g/mol. The summed E-state index contributed by atoms with van der Waals surface area (Å²) < 4.78 is 4.53. The van der Waals surface area contributed by atoms with Crippen molar-refractivity contribution in [2.45, 2.75) is 52.5 Å². The zero-order valence-corrected chi connectivity index (χ0v) is 14.7. The van der Waals surface area contributed by atoms with E-state index in [1.807, 2.05) is 0 Å². The zero-order chi connectivity index (χ0) is 13.5. The van der Waals surface area contributed by atoms with E-state index >= 15 is 0 Å². The third-order valence-corrected chi connectivity index (χ3v) is 3.61. The van der Waals surface area contributed by atoms with E-state index in [1.165, 1.54) is 36.9 Å². The normalized spacial score (nSPS) is 10.3. The molecule has 0 fully saturated rings. The summed E-state index contributed by atoms with van der Waals surface area (Å²) in [4.78, 5) is 0. The average molecular weight is 384 g/mol. The summed E-state index contributed by atoms with van der Waals surface area (Å²) in [5.74, 6) is 0. The fraction of sp³-hybridized carbons (Fsp3) is 0.471. The number of aromatic nitrogens is 2. The predicted molar refractivity (Wildman–Crippen MR) is 79.5 cm³/mol. The number of benzene rings is 1. The largest absolute Gasteiger partial charge is 1.00 e. The summed E-state index contributed by atoms with van der Waals surface area (Å²) in [6.45, 7) is 5.59. The average Bonchev–Trinajstić information content (AvgIpc) is 2.92. The minimum atomic E-state index is 0. The van der Waals surface area contributed by atoms with Crippen molar-refractivity contribution >= 4 is 0 Å². The van der Waals surface area contributed by atoms with Crippen molar-refractivity contribution in [2.75, 3.05) is 0 Å². The highest BCUT2D eigenvalue weighted by molar-refractivity contribution is 5.33. The summed E-state index contributed by atoms with van der Waals surface area (Å²) in [7, 11) is 0. The molecule has 0 atom stereocenters. The first-order chi connectivity index (χ1) is 9.35. The molecule has 110 valence electrons. The zero-order valence-electron chi connectivity index (χ0n) is 12.6. The first-order valence-electron chi connectivity index (χ1n) is 7.50. The summed E-state index contributed by atoms with van der Waals surface area (Å²) >= 11 is 0. The van der Waals surface area contributed by atoms with Gasteiger partial charge < -0.3 is 24.0 Å². The highest BCUT2D eigenvalue weighted by atomic mass is 127. The third kappa shape index (κ3) is 4.62. The van der Waals surface area contributed by atoms with Crippen molar-refractivity contribution in [2.24, 2.45) is 0 Å². The molecule has 0 aliphatic carbocycles. The van der Waals surface area contributed by atoms with Crippen LogP contribution in [0, 0.1) is 0 Å². The van der Waals surface area contributed by atoms with Crippen LogP contribution in [-0.4, -0.2) is 4.57 Å². The molecule has 0 aliphatic heterocycles. The topological polar surface area (TPSA) is 8.81 Å². The van der Waals surface area contributed by atoms with E-state index in [4.69, 9.17) is 0 Å². The minimum Gasteiger partial charge on any atom is -1.00 e. The summed E-state index contributed by atoms with van der Waals surface area (Å²) in [5.41, 5.74) is 2.70. The molecule has 0 spiro atoms. The lowest BCUT2D eigenvalue weighted by Gasteiger charge is -2.02. The molecule has 0 saturated heterocycles. The lowest BCUT2D eigenvalue weighted by Crippen LogP contribution is -3.00. The molecular weight excluding hydrogens is 359 g/mol. The minimum absolute atomic E-state index is 0. The first-order valence-corrected chi connectivity index (χ1v) is 7.50. The molecular formula is C17H25IN2. The van der Waals surface area contributed by atoms with Crippen molar-refractivity contribution < 1.29 is 28.5 Å². The van der Waals surface area contributed by atoms with Crippen LogP contribution in [0.25, 0.3) is 5.69 Å². The highest BCUT2D eigenvalue weighted by Crippen LogP contribution is 2.09. The van der Waals surface area contributed by atoms with Crippen molar-refractivity contribution in [1.29, 1.82) is 0 Å². The van der Waals surface area contributed by atoms with Crippen LogP contribution in [0.3, 0.4) is 0 Å². The van der Waals surface area contributed by atoms with Crippen LogP contribution in [0.2, 0.25) is 0 Å². The van der Waals surface area contributed by atoms with E-state index < -0.39 is 0 Å². The number of hydrogen-bond donors (Lipinski definition) is 0. The molecule has 2 nitrogen and oxygen atoms in total. The van der Waals surface area contributed by atoms with Crippen molar-refractivity contribution in [3.63, 3.8) is 0 Å². The molecule has 1 aromatic heterocycles. The molecule has 2 aromatic rings. The fourth-order valence-electron chi connectivity index (χ4n) is 2.45. The molecule has 0 unspecified atom stereocenters. The maximum absolute atomic E-state index is 2.29. The van der Waals surface area contributed by atoms with Crippen LogP contribution in [0.5, 0.6) is 0 Å². The lowest BCUT2D eigenvalue weighted by molar-refractivity contribution is -0.595. The van der Waals surface area contributed by atoms with E-state index in [1.54, 1.807) is 0 Å². The summed E-state index contributed by atoms with van der Waals surface area (Å²) in [5, 5.41) is 0. The summed E-state index contributed by atoms with van der Waals surface area (Å²) in [6.07, 6.45) is 12.9. The lowest BCUT2D eigenvalue weighted by atomic mass is 10.1. The molecule has 3 heteroatoms. The van der Waals surface area contributed by atoms with Crippen molar-refractivity contribution in [3.8, 4) is 5.69 Å². The maximum Gasteiger partial charge on any atom is 0.248 e. The van der Waals surface area contributed by atoms with Gasteiger partial charge >= 0.3 is 0 Å². The van der Waals surface area contributed by atoms with Gasteiger partial charge in [-0.1, -0.05) is 44.9 Å². The summed E-state index contributed by atoms with van der Waals surface area (Å²) in [6, 6.07) is 8.63. The molecule has 0 amide bonds. The van der Waals surface area contributed by atoms with Crippen LogP contribution in [0.1, 0.15) is 45.1 Å². The Morgan fingerprint density at radius 1 is 1.05 bits per heavy atom. The molecule has 1 aromatic carbocycles. The second-order valence-electron chi connectivity index (χ2n) is 5.10. The smallest absolute Gasteiger partial charge is 0.248 e. The van der Waals surface area contributed by atoms with E-state index in [2.05, 4.69) is 66.0 Å². The van der Waals surface area contributed by atoms with Crippen molar-refractivity contribution in [1.82, 2.24) is 4.57 Å². The SMILES string of the molecule is CCCCCCn1cc[n+](-c2ccccc2CC)c1.[I-]. The van der Waals surface area contributed by atoms with E-state index in [0.29, 0.717) is 0 Å². The maximum atomic E-state index is 2.29. The quantitative estimate of drug-likeness (QED) is 0.381. The van der Waals surface area contributed by atoms with Crippen LogP contribution in [0.15, 0.2) is 43.0 Å². The van der Waals surface area contributed by atoms with Crippen LogP contribution in [0.4, 0.5) is 0 Å². The molecule has 0 aliphatic rings. The number of imidazole rings is 1. The Balaban J connectivity index is 0.00000200. The van der Waals surface area contributed by atoms with E-state index in [9.17, 15) is 0 Å². The van der Waals surface area contributed by atoms with Crippen LogP contribution in [-0.2, 0) is 13.0 Å². The van der Waals surface area contributed by atoms with Gasteiger partial charge in [0.15, 0.2) is 0 Å². The van der Waals surface area contributed by atoms with Gasteiger partial charge in [-0.25, -0.2) is 9.13 Å². The Hall–Kier alpha value is -0.840. The van der Waals surface area contributed by atoms with Gasteiger partial charge in [-0.15, -0.1) is 0 Å². The Bertz CT molecular complexity index is 505. The van der Waals surface area contributed by atoms with Crippen molar-refractivity contribution in [3.05, 3.63) is 48.5 Å². The number of para-hydroxylation sites is 1. The molecule has 0 saturated carbocycles. The van der Waals surface area contributed by atoms with Crippen LogP contribution < -0.4 is 28.5 Å². The second-order valence-corrected chi connectivity index (χ2v) is 5.10. The number of unbranched alkanes of at least 4 members (excludes halogenated alkanes) is 3. The molecule has 0 radical (unpaired) electrons. The van der Waals surface area contributed by atoms with Gasteiger partial charge in [0.2, 0.25) is 6.33 Å². The number of nitrogens with zero attached hydrogens (tertiary/aromatic N) is 2. The Morgan fingerprint density at radius 3 is 2.60 bits per heavy atom. The highest BCUT2D eigenvalue weighted by Gasteiger charge is 2.09. The second kappa shape index (κ2) is 9.16. The Morgan fingerprint density at radius 2 is 1.85 bits per heavy atom. The van der Waals surface area contributed by atoms with Gasteiger partial charge in [0.25, 0.3) is 0 Å². The fourth-order valence-corrected chi connectivity index (χ4v) is 2.45. The van der Waals surface area contributed by atoms with Gasteiger partial charge in [0, 0.05) is 0 Å². The molecule has 0 bridgehead atoms. The van der Waals surface area contributed by atoms with Gasteiger partial charge in [-0.3, -0.25) is 0 Å². The number of hydrogen-bond acceptors (Lipinski definition) is 0. The number of halogens is 1. The first kappa shape index (κ1) is 17.2. The number of rotatable bonds is 7. The standard InChI is InChI=1S/C17H25N2.HI/c1-3-5-6-9-12-18-13-14-19(15-18)17-11-8-7-10-16(17)4-2;/h7-8,10-11,13-15H,3-6,9,12H2,1-2H3;1H/q+1;/p-1. The van der Waals surface area contributed by atoms with E-state index in [-0.39, 0.29) is 24.0 Å². The molecule has 0 N–H and O–H groups in total. The Labute approximate surface area is 139 Å². The predicted octanol–water partition coefficient (Wildman–Crippen LogP) is 0.912. The molecule has 20 heavy (non-hydrogen) atoms. The molecule has 2 rings (SSSR count). The van der Waals surface area contributed by atoms with Gasteiger partial charge in [0.1, 0.15) is 18.1 Å². The third-order valence-electron chi connectivity index (χ3n) is 3.61. The van der Waals surface area contributed by atoms with Gasteiger partial charge in [0.05, 0.1) is 6.54 Å². The number of aryl methyl sites for hydroxylation is 2. The van der Waals surface area contributed by atoms with E-state index in [0.717, 1.165) is 13.0 Å². The molecule has 1 heterocycles. The van der Waals surface area contributed by atoms with Gasteiger partial charge in [-0.2, -0.15) is 0 Å².